The number of carbonyl (C=O) groups excluding carboxylic acids is 1. The predicted molar refractivity (Wildman–Crippen MR) is 100 cm³/mol. The van der Waals surface area contributed by atoms with Crippen LogP contribution in [0.1, 0.15) is 26.7 Å². The molecule has 3 rings (SSSR count). The number of aromatic nitrogens is 2. The number of benzene rings is 1. The first-order valence-corrected chi connectivity index (χ1v) is 11.3. The van der Waals surface area contributed by atoms with Gasteiger partial charge in [-0.1, -0.05) is 30.8 Å². The minimum atomic E-state index is -3.02. The van der Waals surface area contributed by atoms with Gasteiger partial charge < -0.3 is 9.88 Å². The molecule has 8 heteroatoms. The number of fused-ring (bicyclic) bond motifs is 1. The normalized spacial score (nSPS) is 20.6. The van der Waals surface area contributed by atoms with Crippen LogP contribution in [0.4, 0.5) is 0 Å². The average Bonchev–Trinajstić information content (AvgIpc) is 3.15. The highest BCUT2D eigenvalue weighted by Gasteiger charge is 2.36. The third-order valence-corrected chi connectivity index (χ3v) is 7.26. The van der Waals surface area contributed by atoms with Crippen LogP contribution in [0.3, 0.4) is 0 Å². The molecule has 136 valence electrons. The highest BCUT2D eigenvalue weighted by molar-refractivity contribution is 7.99. The van der Waals surface area contributed by atoms with E-state index in [0.717, 1.165) is 17.5 Å². The number of nitrogens with one attached hydrogen (secondary N) is 1. The Morgan fingerprint density at radius 1 is 1.44 bits per heavy atom. The lowest BCUT2D eigenvalue weighted by atomic mass is 10.1. The van der Waals surface area contributed by atoms with Crippen molar-refractivity contribution in [2.45, 2.75) is 43.9 Å². The lowest BCUT2D eigenvalue weighted by Gasteiger charge is -2.33. The Hall–Kier alpha value is -1.54. The van der Waals surface area contributed by atoms with Gasteiger partial charge in [0.05, 0.1) is 28.3 Å². The van der Waals surface area contributed by atoms with Crippen LogP contribution in [-0.4, -0.2) is 58.5 Å². The van der Waals surface area contributed by atoms with Crippen molar-refractivity contribution in [3.8, 4) is 0 Å². The summed E-state index contributed by atoms with van der Waals surface area (Å²) in [6.07, 6.45) is 1.34. The van der Waals surface area contributed by atoms with Crippen LogP contribution in [0.15, 0.2) is 29.4 Å². The molecule has 1 aliphatic heterocycles. The highest BCUT2D eigenvalue weighted by Crippen LogP contribution is 2.24. The first-order valence-electron chi connectivity index (χ1n) is 8.48. The number of sulfone groups is 1. The Morgan fingerprint density at radius 3 is 2.84 bits per heavy atom. The lowest BCUT2D eigenvalue weighted by Crippen LogP contribution is -2.47. The van der Waals surface area contributed by atoms with Gasteiger partial charge in [0.25, 0.3) is 0 Å². The molecule has 2 atom stereocenters. The van der Waals surface area contributed by atoms with Gasteiger partial charge >= 0.3 is 0 Å². The molecule has 25 heavy (non-hydrogen) atoms. The minimum absolute atomic E-state index is 0.0260. The number of hydrogen-bond donors (Lipinski definition) is 1. The summed E-state index contributed by atoms with van der Waals surface area (Å²) in [6, 6.07) is 7.56. The Labute approximate surface area is 152 Å². The number of thioether (sulfide) groups is 1. The van der Waals surface area contributed by atoms with Gasteiger partial charge in [0.2, 0.25) is 5.91 Å². The third-order valence-electron chi connectivity index (χ3n) is 4.66. The Morgan fingerprint density at radius 2 is 2.20 bits per heavy atom. The molecule has 1 aromatic carbocycles. The molecule has 1 N–H and O–H groups in total. The van der Waals surface area contributed by atoms with Gasteiger partial charge in [-0.3, -0.25) is 4.79 Å². The zero-order chi connectivity index (χ0) is 18.0. The van der Waals surface area contributed by atoms with Crippen LogP contribution in [0.25, 0.3) is 11.0 Å². The van der Waals surface area contributed by atoms with Gasteiger partial charge in [0, 0.05) is 12.1 Å². The van der Waals surface area contributed by atoms with Crippen molar-refractivity contribution in [1.29, 1.82) is 0 Å². The second kappa shape index (κ2) is 7.37. The fraction of sp³-hybridized carbons (Fsp3) is 0.529. The van der Waals surface area contributed by atoms with E-state index in [0.29, 0.717) is 11.6 Å². The van der Waals surface area contributed by atoms with E-state index in [9.17, 15) is 13.2 Å². The maximum atomic E-state index is 12.8. The van der Waals surface area contributed by atoms with Gasteiger partial charge in [-0.05, 0) is 31.9 Å². The second-order valence-corrected chi connectivity index (χ2v) is 9.66. The molecule has 2 heterocycles. The highest BCUT2D eigenvalue weighted by atomic mass is 32.2. The van der Waals surface area contributed by atoms with Gasteiger partial charge in [-0.15, -0.1) is 0 Å². The Balaban J connectivity index is 1.69. The molecule has 6 nitrogen and oxygen atoms in total. The maximum Gasteiger partial charge on any atom is 0.233 e. The molecule has 2 unspecified atom stereocenters. The molecule has 0 saturated carbocycles. The number of rotatable bonds is 6. The molecule has 1 aromatic heterocycles. The van der Waals surface area contributed by atoms with Crippen LogP contribution in [0, 0.1) is 0 Å². The SMILES string of the molecule is CCC(C)N(C(=O)CSc1nc2ccccc2[nH]1)C1CCS(=O)(=O)C1. The van der Waals surface area contributed by atoms with Gasteiger partial charge in [0.15, 0.2) is 15.0 Å². The molecule has 1 saturated heterocycles. The summed E-state index contributed by atoms with van der Waals surface area (Å²) in [5.41, 5.74) is 1.82. The van der Waals surface area contributed by atoms with Crippen molar-refractivity contribution < 1.29 is 13.2 Å². The van der Waals surface area contributed by atoms with Crippen LogP contribution in [0.5, 0.6) is 0 Å². The van der Waals surface area contributed by atoms with Crippen molar-refractivity contribution in [3.05, 3.63) is 24.3 Å². The molecular formula is C17H23N3O3S2. The van der Waals surface area contributed by atoms with Crippen LogP contribution in [0.2, 0.25) is 0 Å². The molecular weight excluding hydrogens is 358 g/mol. The Kier molecular flexibility index (Phi) is 5.38. The fourth-order valence-corrected chi connectivity index (χ4v) is 5.67. The zero-order valence-electron chi connectivity index (χ0n) is 14.4. The number of nitrogens with zero attached hydrogens (tertiary/aromatic N) is 2. The summed E-state index contributed by atoms with van der Waals surface area (Å²) >= 11 is 1.36. The molecule has 0 radical (unpaired) electrons. The smallest absolute Gasteiger partial charge is 0.233 e. The summed E-state index contributed by atoms with van der Waals surface area (Å²) in [5.74, 6) is 0.482. The zero-order valence-corrected chi connectivity index (χ0v) is 16.1. The average molecular weight is 382 g/mol. The number of para-hydroxylation sites is 2. The number of hydrogen-bond acceptors (Lipinski definition) is 5. The van der Waals surface area contributed by atoms with E-state index in [1.165, 1.54) is 11.8 Å². The molecule has 1 aliphatic rings. The topological polar surface area (TPSA) is 83.1 Å². The summed E-state index contributed by atoms with van der Waals surface area (Å²) < 4.78 is 23.6. The van der Waals surface area contributed by atoms with Gasteiger partial charge in [-0.25, -0.2) is 13.4 Å². The largest absolute Gasteiger partial charge is 0.335 e. The second-order valence-electron chi connectivity index (χ2n) is 6.46. The van der Waals surface area contributed by atoms with Gasteiger partial charge in [-0.2, -0.15) is 0 Å². The number of amides is 1. The standard InChI is InChI=1S/C17H23N3O3S2/c1-3-12(2)20(13-8-9-25(22,23)11-13)16(21)10-24-17-18-14-6-4-5-7-15(14)19-17/h4-7,12-13H,3,8-11H2,1-2H3,(H,18,19). The molecule has 2 aromatic rings. The molecule has 0 spiro atoms. The molecule has 0 aliphatic carbocycles. The predicted octanol–water partition coefficient (Wildman–Crippen LogP) is 2.47. The quantitative estimate of drug-likeness (QED) is 0.777. The summed E-state index contributed by atoms with van der Waals surface area (Å²) in [7, 11) is -3.02. The number of H-pyrrole nitrogens is 1. The monoisotopic (exact) mass is 381 g/mol. The van der Waals surface area contributed by atoms with E-state index in [2.05, 4.69) is 9.97 Å². The minimum Gasteiger partial charge on any atom is -0.335 e. The van der Waals surface area contributed by atoms with E-state index < -0.39 is 9.84 Å². The summed E-state index contributed by atoms with van der Waals surface area (Å²) in [4.78, 5) is 22.2. The van der Waals surface area contributed by atoms with Crippen molar-refractivity contribution in [2.75, 3.05) is 17.3 Å². The molecule has 1 fully saturated rings. The molecule has 0 bridgehead atoms. The van der Waals surface area contributed by atoms with Crippen LogP contribution in [-0.2, 0) is 14.6 Å². The number of carbonyl (C=O) groups is 1. The maximum absolute atomic E-state index is 12.8. The fourth-order valence-electron chi connectivity index (χ4n) is 3.20. The number of aromatic amines is 1. The van der Waals surface area contributed by atoms with Crippen LogP contribution < -0.4 is 0 Å². The number of imidazole rings is 1. The molecule has 1 amide bonds. The third kappa shape index (κ3) is 4.17. The van der Waals surface area contributed by atoms with Gasteiger partial charge in [0.1, 0.15) is 0 Å². The summed E-state index contributed by atoms with van der Waals surface area (Å²) in [6.45, 7) is 4.00. The van der Waals surface area contributed by atoms with Crippen molar-refractivity contribution in [1.82, 2.24) is 14.9 Å². The van der Waals surface area contributed by atoms with E-state index in [1.807, 2.05) is 38.1 Å². The summed E-state index contributed by atoms with van der Waals surface area (Å²) in [5, 5.41) is 0.706. The van der Waals surface area contributed by atoms with Crippen LogP contribution >= 0.6 is 11.8 Å². The first kappa shape index (κ1) is 18.3. The Bertz CT molecular complexity index is 830. The first-order chi connectivity index (χ1) is 11.9. The van der Waals surface area contributed by atoms with E-state index in [1.54, 1.807) is 4.90 Å². The van der Waals surface area contributed by atoms with Crippen molar-refractivity contribution >= 4 is 38.5 Å². The van der Waals surface area contributed by atoms with E-state index >= 15 is 0 Å². The van der Waals surface area contributed by atoms with E-state index in [4.69, 9.17) is 0 Å². The van der Waals surface area contributed by atoms with E-state index in [-0.39, 0.29) is 35.2 Å². The lowest BCUT2D eigenvalue weighted by molar-refractivity contribution is -0.132. The van der Waals surface area contributed by atoms with Crippen molar-refractivity contribution in [3.63, 3.8) is 0 Å². The van der Waals surface area contributed by atoms with Crippen molar-refractivity contribution in [2.24, 2.45) is 0 Å².